The third-order valence-electron chi connectivity index (χ3n) is 4.27. The Labute approximate surface area is 191 Å². The normalized spacial score (nSPS) is 10.8. The van der Waals surface area contributed by atoms with Crippen molar-refractivity contribution in [2.75, 3.05) is 6.61 Å². The number of amides is 1. The largest absolute Gasteiger partial charge is 0.494 e. The third kappa shape index (κ3) is 6.74. The van der Waals surface area contributed by atoms with Gasteiger partial charge in [-0.05, 0) is 55.0 Å². The maximum Gasteiger partial charge on any atom is 0.271 e. The molecule has 0 fully saturated rings. The number of rotatable bonds is 9. The first-order chi connectivity index (χ1) is 15.1. The molecule has 3 rings (SSSR count). The van der Waals surface area contributed by atoms with Gasteiger partial charge in [0.05, 0.1) is 12.8 Å². The van der Waals surface area contributed by atoms with Crippen molar-refractivity contribution in [3.8, 4) is 11.5 Å². The Hall–Kier alpha value is -3.02. The van der Waals surface area contributed by atoms with Crippen LogP contribution in [0, 0.1) is 0 Å². The summed E-state index contributed by atoms with van der Waals surface area (Å²) in [4.78, 5) is 12.3. The predicted octanol–water partition coefficient (Wildman–Crippen LogP) is 6.13. The molecule has 0 aliphatic heterocycles. The van der Waals surface area contributed by atoms with Gasteiger partial charge >= 0.3 is 0 Å². The van der Waals surface area contributed by atoms with Crippen LogP contribution in [-0.4, -0.2) is 18.7 Å². The van der Waals surface area contributed by atoms with E-state index in [-0.39, 0.29) is 5.91 Å². The SMILES string of the molecule is CCCOc1ccc(C(=O)N/N=C/c2cc(Cl)ccc2OCc2ccccc2Cl)cc1. The minimum atomic E-state index is -0.334. The predicted molar refractivity (Wildman–Crippen MR) is 125 cm³/mol. The van der Waals surface area contributed by atoms with Crippen LogP contribution in [0.25, 0.3) is 0 Å². The van der Waals surface area contributed by atoms with E-state index in [0.717, 1.165) is 17.7 Å². The van der Waals surface area contributed by atoms with Gasteiger partial charge in [-0.25, -0.2) is 5.43 Å². The maximum absolute atomic E-state index is 12.3. The van der Waals surface area contributed by atoms with Crippen LogP contribution < -0.4 is 14.9 Å². The number of nitrogens with one attached hydrogen (secondary N) is 1. The third-order valence-corrected chi connectivity index (χ3v) is 4.88. The van der Waals surface area contributed by atoms with Gasteiger partial charge < -0.3 is 9.47 Å². The monoisotopic (exact) mass is 456 g/mol. The Balaban J connectivity index is 1.64. The number of halogens is 2. The van der Waals surface area contributed by atoms with Crippen molar-refractivity contribution in [2.24, 2.45) is 5.10 Å². The number of carbonyl (C=O) groups excluding carboxylic acids is 1. The van der Waals surface area contributed by atoms with Crippen molar-refractivity contribution >= 4 is 35.3 Å². The number of hydrazone groups is 1. The van der Waals surface area contributed by atoms with Crippen molar-refractivity contribution in [1.29, 1.82) is 0 Å². The molecule has 0 saturated heterocycles. The van der Waals surface area contributed by atoms with Crippen LogP contribution in [-0.2, 0) is 6.61 Å². The van der Waals surface area contributed by atoms with Gasteiger partial charge in [0, 0.05) is 26.7 Å². The van der Waals surface area contributed by atoms with Crippen molar-refractivity contribution in [3.05, 3.63) is 93.5 Å². The van der Waals surface area contributed by atoms with E-state index in [1.807, 2.05) is 31.2 Å². The smallest absolute Gasteiger partial charge is 0.271 e. The van der Waals surface area contributed by atoms with Crippen LogP contribution >= 0.6 is 23.2 Å². The number of nitrogens with zero attached hydrogens (tertiary/aromatic N) is 1. The number of benzene rings is 3. The summed E-state index contributed by atoms with van der Waals surface area (Å²) in [7, 11) is 0. The Kier molecular flexibility index (Phi) is 8.33. The van der Waals surface area contributed by atoms with Gasteiger partial charge in [0.15, 0.2) is 0 Å². The fourth-order valence-corrected chi connectivity index (χ4v) is 3.04. The van der Waals surface area contributed by atoms with Crippen molar-refractivity contribution in [1.82, 2.24) is 5.43 Å². The molecule has 0 bridgehead atoms. The number of ether oxygens (including phenoxy) is 2. The number of hydrogen-bond acceptors (Lipinski definition) is 4. The quantitative estimate of drug-likeness (QED) is 0.311. The molecule has 0 aliphatic carbocycles. The molecule has 0 spiro atoms. The van der Waals surface area contributed by atoms with E-state index < -0.39 is 0 Å². The summed E-state index contributed by atoms with van der Waals surface area (Å²) < 4.78 is 11.4. The van der Waals surface area contributed by atoms with Crippen LogP contribution in [0.2, 0.25) is 10.0 Å². The van der Waals surface area contributed by atoms with E-state index in [1.165, 1.54) is 6.21 Å². The average molecular weight is 457 g/mol. The Morgan fingerprint density at radius 2 is 1.81 bits per heavy atom. The van der Waals surface area contributed by atoms with E-state index in [4.69, 9.17) is 32.7 Å². The summed E-state index contributed by atoms with van der Waals surface area (Å²) in [5.41, 5.74) is 4.47. The second kappa shape index (κ2) is 11.4. The van der Waals surface area contributed by atoms with E-state index in [9.17, 15) is 4.79 Å². The van der Waals surface area contributed by atoms with Crippen LogP contribution in [0.5, 0.6) is 11.5 Å². The molecule has 7 heteroatoms. The van der Waals surface area contributed by atoms with Crippen LogP contribution in [0.1, 0.15) is 34.8 Å². The molecule has 0 radical (unpaired) electrons. The zero-order chi connectivity index (χ0) is 22.1. The summed E-state index contributed by atoms with van der Waals surface area (Å²) >= 11 is 12.3. The van der Waals surface area contributed by atoms with Gasteiger partial charge in [-0.2, -0.15) is 5.10 Å². The Morgan fingerprint density at radius 3 is 2.55 bits per heavy atom. The molecule has 5 nitrogen and oxygen atoms in total. The molecule has 0 heterocycles. The van der Waals surface area contributed by atoms with Gasteiger partial charge in [0.1, 0.15) is 18.1 Å². The van der Waals surface area contributed by atoms with Gasteiger partial charge in [0.2, 0.25) is 0 Å². The summed E-state index contributed by atoms with van der Waals surface area (Å²) in [6, 6.07) is 19.5. The van der Waals surface area contributed by atoms with Gasteiger partial charge in [0.25, 0.3) is 5.91 Å². The van der Waals surface area contributed by atoms with E-state index in [1.54, 1.807) is 42.5 Å². The van der Waals surface area contributed by atoms with Crippen molar-refractivity contribution < 1.29 is 14.3 Å². The summed E-state index contributed by atoms with van der Waals surface area (Å²) in [6.07, 6.45) is 2.41. The van der Waals surface area contributed by atoms with Gasteiger partial charge in [-0.3, -0.25) is 4.79 Å². The van der Waals surface area contributed by atoms with Crippen LogP contribution in [0.3, 0.4) is 0 Å². The van der Waals surface area contributed by atoms with Gasteiger partial charge in [-0.1, -0.05) is 48.3 Å². The molecule has 0 aromatic heterocycles. The van der Waals surface area contributed by atoms with Gasteiger partial charge in [-0.15, -0.1) is 0 Å². The first-order valence-corrected chi connectivity index (χ1v) is 10.5. The lowest BCUT2D eigenvalue weighted by Crippen LogP contribution is -2.17. The Bertz CT molecular complexity index is 1050. The standard InChI is InChI=1S/C24H22Cl2N2O3/c1-2-13-30-21-10-7-17(8-11-21)24(29)28-27-15-19-14-20(25)9-12-23(19)31-16-18-5-3-4-6-22(18)26/h3-12,14-15H,2,13,16H2,1H3,(H,28,29)/b27-15+. The first kappa shape index (κ1) is 22.7. The highest BCUT2D eigenvalue weighted by Gasteiger charge is 2.07. The molecule has 3 aromatic carbocycles. The summed E-state index contributed by atoms with van der Waals surface area (Å²) in [5, 5.41) is 5.20. The average Bonchev–Trinajstić information content (AvgIpc) is 2.78. The molecule has 1 N–H and O–H groups in total. The molecular formula is C24H22Cl2N2O3. The number of hydrogen-bond donors (Lipinski definition) is 1. The van der Waals surface area contributed by atoms with Crippen molar-refractivity contribution in [3.63, 3.8) is 0 Å². The summed E-state index contributed by atoms with van der Waals surface area (Å²) in [6.45, 7) is 2.96. The highest BCUT2D eigenvalue weighted by molar-refractivity contribution is 6.31. The fourth-order valence-electron chi connectivity index (χ4n) is 2.67. The zero-order valence-electron chi connectivity index (χ0n) is 17.0. The molecule has 0 atom stereocenters. The second-order valence-corrected chi connectivity index (χ2v) is 7.48. The van der Waals surface area contributed by atoms with Crippen molar-refractivity contribution in [2.45, 2.75) is 20.0 Å². The first-order valence-electron chi connectivity index (χ1n) is 9.79. The highest BCUT2D eigenvalue weighted by Crippen LogP contribution is 2.24. The van der Waals surface area contributed by atoms with E-state index in [0.29, 0.717) is 40.1 Å². The molecule has 0 unspecified atom stereocenters. The maximum atomic E-state index is 12.3. The lowest BCUT2D eigenvalue weighted by atomic mass is 10.2. The molecular weight excluding hydrogens is 435 g/mol. The molecule has 0 aliphatic rings. The molecule has 160 valence electrons. The topological polar surface area (TPSA) is 59.9 Å². The summed E-state index contributed by atoms with van der Waals surface area (Å²) in [5.74, 6) is 0.958. The minimum Gasteiger partial charge on any atom is -0.494 e. The highest BCUT2D eigenvalue weighted by atomic mass is 35.5. The minimum absolute atomic E-state index is 0.293. The molecule has 3 aromatic rings. The lowest BCUT2D eigenvalue weighted by Gasteiger charge is -2.10. The molecule has 31 heavy (non-hydrogen) atoms. The molecule has 1 amide bonds. The van der Waals surface area contributed by atoms with E-state index >= 15 is 0 Å². The molecule has 0 saturated carbocycles. The zero-order valence-corrected chi connectivity index (χ0v) is 18.5. The lowest BCUT2D eigenvalue weighted by molar-refractivity contribution is 0.0955. The second-order valence-electron chi connectivity index (χ2n) is 6.63. The fraction of sp³-hybridized carbons (Fsp3) is 0.167. The van der Waals surface area contributed by atoms with E-state index in [2.05, 4.69) is 10.5 Å². The Morgan fingerprint density at radius 1 is 1.03 bits per heavy atom. The van der Waals surface area contributed by atoms with Crippen LogP contribution in [0.15, 0.2) is 71.8 Å². The van der Waals surface area contributed by atoms with Crippen LogP contribution in [0.4, 0.5) is 0 Å². The number of carbonyl (C=O) groups is 1.